The number of nitrogens with zero attached hydrogens (tertiary/aromatic N) is 2. The van der Waals surface area contributed by atoms with Crippen LogP contribution in [0.4, 0.5) is 0 Å². The molecule has 1 aromatic rings. The average Bonchev–Trinajstić information content (AvgIpc) is 2.46. The number of hydrogen-bond donors (Lipinski definition) is 0. The van der Waals surface area contributed by atoms with Gasteiger partial charge in [0.2, 0.25) is 0 Å². The van der Waals surface area contributed by atoms with Crippen LogP contribution in [-0.2, 0) is 4.74 Å². The van der Waals surface area contributed by atoms with Crippen LogP contribution in [-0.4, -0.2) is 63.7 Å². The van der Waals surface area contributed by atoms with Gasteiger partial charge in [0.25, 0.3) is 0 Å². The normalized spacial score (nSPS) is 23.9. The van der Waals surface area contributed by atoms with Crippen LogP contribution >= 0.6 is 0 Å². The summed E-state index contributed by atoms with van der Waals surface area (Å²) in [4.78, 5) is 3.99. The van der Waals surface area contributed by atoms with Gasteiger partial charge in [0, 0.05) is 0 Å². The van der Waals surface area contributed by atoms with Crippen molar-refractivity contribution < 1.29 is 14.2 Å². The van der Waals surface area contributed by atoms with Gasteiger partial charge in [-0.2, -0.15) is 0 Å². The van der Waals surface area contributed by atoms with Crippen LogP contribution in [0.5, 0.6) is 11.5 Å². The fraction of sp³-hybridized carbons (Fsp3) is 0.571. The largest absolute Gasteiger partial charge is 0.469 e. The van der Waals surface area contributed by atoms with E-state index in [0.29, 0.717) is 13.2 Å². The smallest absolute Gasteiger partial charge is 0.175 e. The first-order chi connectivity index (χ1) is 9.08. The lowest BCUT2D eigenvalue weighted by molar-refractivity contribution is -0.0529. The molecule has 0 saturated heterocycles. The summed E-state index contributed by atoms with van der Waals surface area (Å²) in [6.07, 6.45) is -0.240. The van der Waals surface area contributed by atoms with Gasteiger partial charge in [-0.3, -0.25) is 9.80 Å². The van der Waals surface area contributed by atoms with Crippen molar-refractivity contribution in [3.8, 4) is 11.5 Å². The van der Waals surface area contributed by atoms with Crippen molar-refractivity contribution in [3.63, 3.8) is 0 Å². The number of benzene rings is 1. The molecule has 0 N–H and O–H groups in total. The molecule has 0 aromatic heterocycles. The van der Waals surface area contributed by atoms with Gasteiger partial charge in [0.1, 0.15) is 0 Å². The molecule has 1 aromatic carbocycles. The third kappa shape index (κ3) is 3.59. The standard InChI is InChI=1S/C14H22N2O3/c1-15(2)13-9-17-10-14(16(3)4)19-12-8-6-5-7-11(12)18-13/h5-8,13-14H,9-10H2,1-4H3. The summed E-state index contributed by atoms with van der Waals surface area (Å²) in [6.45, 7) is 1.02. The predicted molar refractivity (Wildman–Crippen MR) is 73.5 cm³/mol. The molecule has 2 atom stereocenters. The zero-order chi connectivity index (χ0) is 13.8. The minimum atomic E-state index is -0.120. The highest BCUT2D eigenvalue weighted by molar-refractivity contribution is 5.39. The summed E-state index contributed by atoms with van der Waals surface area (Å²) in [6, 6.07) is 7.73. The minimum Gasteiger partial charge on any atom is -0.469 e. The Hall–Kier alpha value is -1.30. The number of rotatable bonds is 2. The molecular weight excluding hydrogens is 244 g/mol. The molecule has 106 valence electrons. The van der Waals surface area contributed by atoms with Crippen molar-refractivity contribution in [1.29, 1.82) is 0 Å². The van der Waals surface area contributed by atoms with Gasteiger partial charge in [-0.05, 0) is 40.3 Å². The van der Waals surface area contributed by atoms with Crippen LogP contribution in [0, 0.1) is 0 Å². The average molecular weight is 266 g/mol. The molecule has 2 unspecified atom stereocenters. The van der Waals surface area contributed by atoms with Crippen LogP contribution < -0.4 is 9.47 Å². The summed E-state index contributed by atoms with van der Waals surface area (Å²) in [5.74, 6) is 1.50. The van der Waals surface area contributed by atoms with Crippen LogP contribution in [0.25, 0.3) is 0 Å². The molecule has 2 rings (SSSR count). The van der Waals surface area contributed by atoms with Crippen molar-refractivity contribution in [1.82, 2.24) is 9.80 Å². The SMILES string of the molecule is CN(C)C1COCC(N(C)C)Oc2ccccc2O1. The number of para-hydroxylation sites is 2. The first-order valence-electron chi connectivity index (χ1n) is 6.41. The lowest BCUT2D eigenvalue weighted by Gasteiger charge is -2.24. The molecular formula is C14H22N2O3. The highest BCUT2D eigenvalue weighted by Gasteiger charge is 2.23. The second-order valence-corrected chi connectivity index (χ2v) is 5.06. The zero-order valence-electron chi connectivity index (χ0n) is 12.0. The summed E-state index contributed by atoms with van der Waals surface area (Å²) in [7, 11) is 7.88. The monoisotopic (exact) mass is 266 g/mol. The Labute approximate surface area is 114 Å². The predicted octanol–water partition coefficient (Wildman–Crippen LogP) is 1.25. The van der Waals surface area contributed by atoms with Crippen molar-refractivity contribution in [2.45, 2.75) is 12.5 Å². The molecule has 0 bridgehead atoms. The van der Waals surface area contributed by atoms with Gasteiger partial charge in [0.15, 0.2) is 24.0 Å². The number of likely N-dealkylation sites (N-methyl/N-ethyl adjacent to an activating group) is 2. The van der Waals surface area contributed by atoms with Crippen molar-refractivity contribution >= 4 is 0 Å². The molecule has 0 amide bonds. The second-order valence-electron chi connectivity index (χ2n) is 5.06. The molecule has 0 fully saturated rings. The second kappa shape index (κ2) is 6.23. The van der Waals surface area contributed by atoms with Crippen molar-refractivity contribution in [3.05, 3.63) is 24.3 Å². The van der Waals surface area contributed by atoms with Crippen LogP contribution in [0.3, 0.4) is 0 Å². The molecule has 0 radical (unpaired) electrons. The van der Waals surface area contributed by atoms with Crippen LogP contribution in [0.15, 0.2) is 24.3 Å². The van der Waals surface area contributed by atoms with Crippen LogP contribution in [0.2, 0.25) is 0 Å². The highest BCUT2D eigenvalue weighted by atomic mass is 16.6. The summed E-state index contributed by atoms with van der Waals surface area (Å²) in [5.41, 5.74) is 0. The number of ether oxygens (including phenoxy) is 3. The Morgan fingerprint density at radius 3 is 1.63 bits per heavy atom. The van der Waals surface area contributed by atoms with Gasteiger partial charge in [-0.25, -0.2) is 0 Å². The summed E-state index contributed by atoms with van der Waals surface area (Å²) >= 11 is 0. The van der Waals surface area contributed by atoms with Gasteiger partial charge < -0.3 is 14.2 Å². The van der Waals surface area contributed by atoms with E-state index < -0.39 is 0 Å². The van der Waals surface area contributed by atoms with Crippen LogP contribution in [0.1, 0.15) is 0 Å². The van der Waals surface area contributed by atoms with Crippen molar-refractivity contribution in [2.24, 2.45) is 0 Å². The first kappa shape index (κ1) is 14.1. The maximum Gasteiger partial charge on any atom is 0.175 e. The topological polar surface area (TPSA) is 34.2 Å². The highest BCUT2D eigenvalue weighted by Crippen LogP contribution is 2.29. The summed E-state index contributed by atoms with van der Waals surface area (Å²) < 4.78 is 17.6. The van der Waals surface area contributed by atoms with E-state index in [1.807, 2.05) is 62.3 Å². The molecule has 1 aliphatic rings. The maximum absolute atomic E-state index is 5.96. The Morgan fingerprint density at radius 1 is 0.842 bits per heavy atom. The van der Waals surface area contributed by atoms with E-state index in [1.165, 1.54) is 0 Å². The summed E-state index contributed by atoms with van der Waals surface area (Å²) in [5, 5.41) is 0. The van der Waals surface area contributed by atoms with E-state index in [0.717, 1.165) is 11.5 Å². The van der Waals surface area contributed by atoms with E-state index in [2.05, 4.69) is 0 Å². The van der Waals surface area contributed by atoms with E-state index in [4.69, 9.17) is 14.2 Å². The molecule has 1 aliphatic heterocycles. The number of hydrogen-bond acceptors (Lipinski definition) is 5. The molecule has 0 aliphatic carbocycles. The Balaban J connectivity index is 2.26. The fourth-order valence-corrected chi connectivity index (χ4v) is 1.78. The molecule has 5 heteroatoms. The lowest BCUT2D eigenvalue weighted by atomic mass is 10.3. The van der Waals surface area contributed by atoms with Crippen molar-refractivity contribution in [2.75, 3.05) is 41.4 Å². The third-order valence-corrected chi connectivity index (χ3v) is 3.05. The zero-order valence-corrected chi connectivity index (χ0v) is 12.0. The first-order valence-corrected chi connectivity index (χ1v) is 6.41. The van der Waals surface area contributed by atoms with E-state index >= 15 is 0 Å². The maximum atomic E-state index is 5.96. The van der Waals surface area contributed by atoms with Gasteiger partial charge in [-0.15, -0.1) is 0 Å². The van der Waals surface area contributed by atoms with Gasteiger partial charge >= 0.3 is 0 Å². The van der Waals surface area contributed by atoms with E-state index in [9.17, 15) is 0 Å². The number of fused-ring (bicyclic) bond motifs is 1. The Kier molecular flexibility index (Phi) is 4.63. The van der Waals surface area contributed by atoms with Gasteiger partial charge in [0.05, 0.1) is 13.2 Å². The molecule has 1 heterocycles. The van der Waals surface area contributed by atoms with E-state index in [-0.39, 0.29) is 12.5 Å². The molecule has 19 heavy (non-hydrogen) atoms. The van der Waals surface area contributed by atoms with E-state index in [1.54, 1.807) is 0 Å². The van der Waals surface area contributed by atoms with Gasteiger partial charge in [-0.1, -0.05) is 12.1 Å². The molecule has 5 nitrogen and oxygen atoms in total. The Morgan fingerprint density at radius 2 is 1.26 bits per heavy atom. The molecule has 0 saturated carbocycles. The quantitative estimate of drug-likeness (QED) is 0.805. The third-order valence-electron chi connectivity index (χ3n) is 3.05. The Bertz CT molecular complexity index is 372. The lowest BCUT2D eigenvalue weighted by Crippen LogP contribution is -2.40. The minimum absolute atomic E-state index is 0.120. The fourth-order valence-electron chi connectivity index (χ4n) is 1.78. The molecule has 0 spiro atoms.